The lowest BCUT2D eigenvalue weighted by atomic mass is 10.0. The summed E-state index contributed by atoms with van der Waals surface area (Å²) in [6.07, 6.45) is -0.903. The zero-order valence-electron chi connectivity index (χ0n) is 14.4. The molecule has 2 heterocycles. The van der Waals surface area contributed by atoms with Crippen molar-refractivity contribution < 1.29 is 23.9 Å². The van der Waals surface area contributed by atoms with Crippen molar-refractivity contribution in [1.29, 1.82) is 0 Å². The average molecular weight is 369 g/mol. The van der Waals surface area contributed by atoms with E-state index in [2.05, 4.69) is 10.6 Å². The van der Waals surface area contributed by atoms with Crippen molar-refractivity contribution in [2.75, 3.05) is 24.9 Å². The topological polar surface area (TPSA) is 112 Å². The second-order valence-electron chi connectivity index (χ2n) is 5.91. The lowest BCUT2D eigenvalue weighted by Crippen LogP contribution is -2.18. The summed E-state index contributed by atoms with van der Waals surface area (Å²) in [4.78, 5) is 23.3. The lowest BCUT2D eigenvalue weighted by Gasteiger charge is -2.19. The summed E-state index contributed by atoms with van der Waals surface area (Å²) in [6, 6.07) is 9.37. The summed E-state index contributed by atoms with van der Waals surface area (Å²) in [5, 5.41) is 16.9. The smallest absolute Gasteiger partial charge is 0.271 e. The molecule has 9 nitrogen and oxygen atoms in total. The Balaban J connectivity index is 1.65. The zero-order valence-corrected chi connectivity index (χ0v) is 14.4. The number of methoxy groups -OCH3 is 2. The molecule has 0 fully saturated rings. The maximum atomic E-state index is 12.9. The second-order valence-corrected chi connectivity index (χ2v) is 5.91. The van der Waals surface area contributed by atoms with Gasteiger partial charge in [0.2, 0.25) is 11.7 Å². The van der Waals surface area contributed by atoms with E-state index in [1.54, 1.807) is 24.3 Å². The fraction of sp³-hybridized carbons (Fsp3) is 0.167. The highest BCUT2D eigenvalue weighted by Gasteiger charge is 2.40. The summed E-state index contributed by atoms with van der Waals surface area (Å²) >= 11 is 0. The lowest BCUT2D eigenvalue weighted by molar-refractivity contribution is -0.384. The van der Waals surface area contributed by atoms with Crippen LogP contribution >= 0.6 is 0 Å². The monoisotopic (exact) mass is 369 g/mol. The van der Waals surface area contributed by atoms with E-state index in [9.17, 15) is 14.9 Å². The minimum Gasteiger partial charge on any atom is -0.497 e. The van der Waals surface area contributed by atoms with Crippen LogP contribution in [-0.4, -0.2) is 24.9 Å². The Bertz CT molecular complexity index is 1000. The second kappa shape index (κ2) is 6.20. The molecule has 4 rings (SSSR count). The number of carbonyl (C=O) groups excluding carboxylic acids is 1. The molecule has 0 saturated heterocycles. The molecule has 0 amide bonds. The average Bonchev–Trinajstić information content (AvgIpc) is 3.00. The highest BCUT2D eigenvalue weighted by Crippen LogP contribution is 2.43. The van der Waals surface area contributed by atoms with Crippen molar-refractivity contribution >= 4 is 22.8 Å². The Hall–Kier alpha value is -3.75. The summed E-state index contributed by atoms with van der Waals surface area (Å²) in [7, 11) is 3.03. The van der Waals surface area contributed by atoms with Gasteiger partial charge in [0, 0.05) is 23.8 Å². The normalized spacial score (nSPS) is 17.3. The van der Waals surface area contributed by atoms with Crippen molar-refractivity contribution in [2.24, 2.45) is 0 Å². The highest BCUT2D eigenvalue weighted by molar-refractivity contribution is 6.06. The predicted octanol–water partition coefficient (Wildman–Crippen LogP) is 2.96. The van der Waals surface area contributed by atoms with Crippen LogP contribution in [-0.2, 0) is 9.53 Å². The van der Waals surface area contributed by atoms with Crippen molar-refractivity contribution in [2.45, 2.75) is 6.10 Å². The number of nitro groups is 1. The fourth-order valence-corrected chi connectivity index (χ4v) is 3.04. The van der Waals surface area contributed by atoms with E-state index in [0.717, 1.165) is 0 Å². The predicted molar refractivity (Wildman–Crippen MR) is 95.7 cm³/mol. The third-order valence-electron chi connectivity index (χ3n) is 4.39. The van der Waals surface area contributed by atoms with Crippen LogP contribution < -0.4 is 20.1 Å². The van der Waals surface area contributed by atoms with Crippen LogP contribution in [0.2, 0.25) is 0 Å². The number of rotatable bonds is 4. The van der Waals surface area contributed by atoms with Gasteiger partial charge in [0.15, 0.2) is 6.10 Å². The van der Waals surface area contributed by atoms with Gasteiger partial charge >= 0.3 is 0 Å². The molecule has 0 aromatic heterocycles. The van der Waals surface area contributed by atoms with Crippen LogP contribution in [0.25, 0.3) is 0 Å². The van der Waals surface area contributed by atoms with Crippen molar-refractivity contribution in [3.05, 3.63) is 63.7 Å². The largest absolute Gasteiger partial charge is 0.497 e. The van der Waals surface area contributed by atoms with E-state index in [1.165, 1.54) is 26.4 Å². The van der Waals surface area contributed by atoms with Gasteiger partial charge in [-0.25, -0.2) is 0 Å². The molecule has 27 heavy (non-hydrogen) atoms. The number of nitrogens with zero attached hydrogens (tertiary/aromatic N) is 1. The molecule has 2 aliphatic heterocycles. The van der Waals surface area contributed by atoms with Crippen molar-refractivity contribution in [1.82, 2.24) is 0 Å². The standard InChI is InChI=1S/C18H15N3O6/c1-25-10-4-5-11(14(8-10)26-2)17-16(22)15-18(27-17)20-13-7-9(21(23)24)3-6-12(13)19-15/h3-8,17,19-20H,1-2H3. The summed E-state index contributed by atoms with van der Waals surface area (Å²) in [6.45, 7) is 0. The van der Waals surface area contributed by atoms with Crippen LogP contribution in [0.4, 0.5) is 17.1 Å². The molecule has 0 saturated carbocycles. The number of ether oxygens (including phenoxy) is 3. The Labute approximate surface area is 153 Å². The van der Waals surface area contributed by atoms with Gasteiger partial charge in [0.05, 0.1) is 30.5 Å². The quantitative estimate of drug-likeness (QED) is 0.625. The van der Waals surface area contributed by atoms with Gasteiger partial charge < -0.3 is 24.8 Å². The molecule has 2 aromatic carbocycles. The van der Waals surface area contributed by atoms with E-state index in [0.29, 0.717) is 28.4 Å². The summed E-state index contributed by atoms with van der Waals surface area (Å²) < 4.78 is 16.3. The Morgan fingerprint density at radius 1 is 1.07 bits per heavy atom. The van der Waals surface area contributed by atoms with Crippen LogP contribution in [0.3, 0.4) is 0 Å². The first-order chi connectivity index (χ1) is 13.0. The third-order valence-corrected chi connectivity index (χ3v) is 4.39. The van der Waals surface area contributed by atoms with Gasteiger partial charge in [0.1, 0.15) is 17.2 Å². The first-order valence-corrected chi connectivity index (χ1v) is 8.01. The van der Waals surface area contributed by atoms with Gasteiger partial charge in [0.25, 0.3) is 5.69 Å². The van der Waals surface area contributed by atoms with Gasteiger partial charge in [-0.05, 0) is 18.2 Å². The number of non-ortho nitro benzene ring substituents is 1. The van der Waals surface area contributed by atoms with Gasteiger partial charge in [-0.15, -0.1) is 0 Å². The van der Waals surface area contributed by atoms with Gasteiger partial charge in [-0.1, -0.05) is 0 Å². The first kappa shape index (κ1) is 16.7. The Kier molecular flexibility index (Phi) is 3.84. The SMILES string of the molecule is COc1ccc(C2OC3=C(Nc4ccc([N+](=O)[O-])cc4N3)C2=O)c(OC)c1. The first-order valence-electron chi connectivity index (χ1n) is 8.01. The number of nitrogens with one attached hydrogen (secondary N) is 2. The molecule has 0 spiro atoms. The summed E-state index contributed by atoms with van der Waals surface area (Å²) in [5.41, 5.74) is 1.76. The molecule has 2 aromatic rings. The number of Topliss-reactive ketones (excluding diaryl/α,β-unsaturated/α-hetero) is 1. The van der Waals surface area contributed by atoms with Crippen LogP contribution in [0.1, 0.15) is 11.7 Å². The van der Waals surface area contributed by atoms with E-state index in [-0.39, 0.29) is 23.1 Å². The van der Waals surface area contributed by atoms with E-state index in [1.807, 2.05) is 0 Å². The number of anilines is 2. The molecular formula is C18H15N3O6. The van der Waals surface area contributed by atoms with Crippen LogP contribution in [0, 0.1) is 10.1 Å². The number of hydrogen-bond acceptors (Lipinski definition) is 8. The molecule has 9 heteroatoms. The van der Waals surface area contributed by atoms with Crippen LogP contribution in [0.15, 0.2) is 48.0 Å². The number of benzene rings is 2. The fourth-order valence-electron chi connectivity index (χ4n) is 3.04. The van der Waals surface area contributed by atoms with Crippen molar-refractivity contribution in [3.63, 3.8) is 0 Å². The maximum absolute atomic E-state index is 12.9. The molecule has 2 N–H and O–H groups in total. The molecule has 0 aliphatic carbocycles. The third kappa shape index (κ3) is 2.69. The molecule has 1 atom stereocenters. The minimum absolute atomic E-state index is 0.0650. The molecule has 0 bridgehead atoms. The molecule has 2 aliphatic rings. The van der Waals surface area contributed by atoms with Crippen molar-refractivity contribution in [3.8, 4) is 11.5 Å². The van der Waals surface area contributed by atoms with Gasteiger partial charge in [-0.3, -0.25) is 14.9 Å². The van der Waals surface area contributed by atoms with E-state index in [4.69, 9.17) is 14.2 Å². The van der Waals surface area contributed by atoms with E-state index >= 15 is 0 Å². The summed E-state index contributed by atoms with van der Waals surface area (Å²) in [5.74, 6) is 0.997. The number of fused-ring (bicyclic) bond motifs is 1. The van der Waals surface area contributed by atoms with Crippen LogP contribution in [0.5, 0.6) is 11.5 Å². The maximum Gasteiger partial charge on any atom is 0.271 e. The van der Waals surface area contributed by atoms with E-state index < -0.39 is 11.0 Å². The molecule has 0 radical (unpaired) electrons. The molecule has 1 unspecified atom stereocenters. The Morgan fingerprint density at radius 2 is 1.89 bits per heavy atom. The number of carbonyl (C=O) groups is 1. The Morgan fingerprint density at radius 3 is 2.59 bits per heavy atom. The zero-order chi connectivity index (χ0) is 19.1. The molecule has 138 valence electrons. The number of hydrogen-bond donors (Lipinski definition) is 2. The molecular weight excluding hydrogens is 354 g/mol. The number of ketones is 1. The minimum atomic E-state index is -0.903. The van der Waals surface area contributed by atoms with Gasteiger partial charge in [-0.2, -0.15) is 0 Å². The number of nitro benzene ring substituents is 1. The highest BCUT2D eigenvalue weighted by atomic mass is 16.6.